The maximum Gasteiger partial charge on any atom is 0.308 e. The van der Waals surface area contributed by atoms with Crippen molar-refractivity contribution in [2.24, 2.45) is 0 Å². The van der Waals surface area contributed by atoms with Crippen molar-refractivity contribution in [2.45, 2.75) is 26.1 Å². The van der Waals surface area contributed by atoms with Crippen LogP contribution in [0.4, 0.5) is 0 Å². The van der Waals surface area contributed by atoms with Gasteiger partial charge in [0.25, 0.3) is 6.29 Å². The molecule has 0 saturated carbocycles. The zero-order chi connectivity index (χ0) is 20.3. The molecule has 0 fully saturated rings. The van der Waals surface area contributed by atoms with Crippen LogP contribution >= 0.6 is 0 Å². The largest absolute Gasteiger partial charge is 0.462 e. The van der Waals surface area contributed by atoms with E-state index in [9.17, 15) is 14.4 Å². The van der Waals surface area contributed by atoms with Gasteiger partial charge in [-0.2, -0.15) is 0 Å². The average molecular weight is 394 g/mol. The summed E-state index contributed by atoms with van der Waals surface area (Å²) in [5.74, 6) is -0.964. The third-order valence-corrected chi connectivity index (χ3v) is 4.78. The molecule has 0 radical (unpaired) electrons. The van der Waals surface area contributed by atoms with Gasteiger partial charge in [0.1, 0.15) is 39.2 Å². The van der Waals surface area contributed by atoms with Crippen LogP contribution in [0.5, 0.6) is 17.2 Å². The Bertz CT molecular complexity index is 1300. The number of rotatable bonds is 2. The van der Waals surface area contributed by atoms with Crippen LogP contribution in [0.15, 0.2) is 45.8 Å². The molecule has 0 saturated heterocycles. The molecule has 0 bridgehead atoms. The lowest BCUT2D eigenvalue weighted by molar-refractivity contribution is -0.132. The number of esters is 2. The fourth-order valence-electron chi connectivity index (χ4n) is 3.73. The SMILES string of the molecule is CC(=O)Oc1cccc2oc3c4c(cc(OC(C)=O)c3c(=O)c12)O[C@H]1OC=C[C@@H]41. The molecule has 2 aromatic carbocycles. The van der Waals surface area contributed by atoms with E-state index in [1.54, 1.807) is 18.2 Å². The van der Waals surface area contributed by atoms with E-state index >= 15 is 0 Å². The van der Waals surface area contributed by atoms with Crippen LogP contribution in [-0.4, -0.2) is 18.2 Å². The molecule has 0 N–H and O–H groups in total. The Morgan fingerprint density at radius 2 is 1.79 bits per heavy atom. The van der Waals surface area contributed by atoms with Crippen molar-refractivity contribution >= 4 is 33.9 Å². The van der Waals surface area contributed by atoms with Crippen molar-refractivity contribution in [3.05, 3.63) is 52.4 Å². The molecular formula is C21H14O8. The standard InChI is InChI=1S/C21H14O8/c1-9(22)26-12-4-3-5-13-17(12)19(24)18-15(27-10(2)23)8-14-16(20(18)28-13)11-6-7-25-21(11)29-14/h3-8,11,21H,1-2H3/t11-,21+/m0/s1. The van der Waals surface area contributed by atoms with Crippen LogP contribution in [0, 0.1) is 0 Å². The molecule has 3 heterocycles. The number of ether oxygens (including phenoxy) is 4. The van der Waals surface area contributed by atoms with Gasteiger partial charge in [-0.15, -0.1) is 0 Å². The van der Waals surface area contributed by atoms with E-state index in [4.69, 9.17) is 23.4 Å². The molecule has 0 spiro atoms. The number of benzene rings is 2. The Balaban J connectivity index is 1.91. The number of hydrogen-bond acceptors (Lipinski definition) is 8. The van der Waals surface area contributed by atoms with Crippen LogP contribution in [0.1, 0.15) is 25.3 Å². The fourth-order valence-corrected chi connectivity index (χ4v) is 3.73. The lowest BCUT2D eigenvalue weighted by Crippen LogP contribution is -2.14. The van der Waals surface area contributed by atoms with Gasteiger partial charge in [-0.1, -0.05) is 6.07 Å². The van der Waals surface area contributed by atoms with Gasteiger partial charge in [-0.25, -0.2) is 0 Å². The summed E-state index contributed by atoms with van der Waals surface area (Å²) in [6, 6.07) is 6.19. The van der Waals surface area contributed by atoms with Crippen LogP contribution in [-0.2, 0) is 14.3 Å². The molecule has 5 rings (SSSR count). The van der Waals surface area contributed by atoms with Crippen LogP contribution < -0.4 is 19.6 Å². The molecule has 2 atom stereocenters. The Morgan fingerprint density at radius 1 is 1.03 bits per heavy atom. The molecule has 3 aromatic rings. The van der Waals surface area contributed by atoms with E-state index in [0.29, 0.717) is 11.3 Å². The zero-order valence-electron chi connectivity index (χ0n) is 15.4. The highest BCUT2D eigenvalue weighted by molar-refractivity contribution is 6.00. The summed E-state index contributed by atoms with van der Waals surface area (Å²) < 4.78 is 27.7. The van der Waals surface area contributed by atoms with Gasteiger partial charge >= 0.3 is 11.9 Å². The lowest BCUT2D eigenvalue weighted by atomic mass is 9.97. The highest BCUT2D eigenvalue weighted by Crippen LogP contribution is 2.49. The topological polar surface area (TPSA) is 101 Å². The molecule has 1 aromatic heterocycles. The Hall–Kier alpha value is -3.81. The molecule has 8 nitrogen and oxygen atoms in total. The van der Waals surface area contributed by atoms with Crippen molar-refractivity contribution in [1.82, 2.24) is 0 Å². The predicted octanol–water partition coefficient (Wildman–Crippen LogP) is 3.14. The fraction of sp³-hybridized carbons (Fsp3) is 0.190. The van der Waals surface area contributed by atoms with Gasteiger partial charge in [0, 0.05) is 19.9 Å². The molecule has 2 aliphatic rings. The summed E-state index contributed by atoms with van der Waals surface area (Å²) in [5.41, 5.74) is 0.615. The first-order chi connectivity index (χ1) is 13.9. The molecule has 0 unspecified atom stereocenters. The van der Waals surface area contributed by atoms with E-state index in [1.807, 2.05) is 0 Å². The monoisotopic (exact) mass is 394 g/mol. The highest BCUT2D eigenvalue weighted by Gasteiger charge is 2.41. The Labute approximate surface area is 163 Å². The third-order valence-electron chi connectivity index (χ3n) is 4.78. The second-order valence-electron chi connectivity index (χ2n) is 6.72. The Morgan fingerprint density at radius 3 is 2.55 bits per heavy atom. The third kappa shape index (κ3) is 2.56. The summed E-state index contributed by atoms with van der Waals surface area (Å²) in [4.78, 5) is 36.6. The maximum absolute atomic E-state index is 13.5. The summed E-state index contributed by atoms with van der Waals surface area (Å²) in [6.45, 7) is 2.47. The number of fused-ring (bicyclic) bond motifs is 6. The summed E-state index contributed by atoms with van der Waals surface area (Å²) in [7, 11) is 0. The molecule has 0 aliphatic carbocycles. The van der Waals surface area contributed by atoms with Crippen molar-refractivity contribution in [2.75, 3.05) is 0 Å². The normalized spacial score (nSPS) is 18.8. The summed E-state index contributed by atoms with van der Waals surface area (Å²) in [6.07, 6.45) is 2.76. The second kappa shape index (κ2) is 6.10. The van der Waals surface area contributed by atoms with Crippen molar-refractivity contribution < 1.29 is 33.0 Å². The van der Waals surface area contributed by atoms with E-state index in [1.165, 1.54) is 32.2 Å². The molecule has 8 heteroatoms. The van der Waals surface area contributed by atoms with E-state index in [-0.39, 0.29) is 39.4 Å². The van der Waals surface area contributed by atoms with Gasteiger partial charge in [0.05, 0.1) is 17.7 Å². The van der Waals surface area contributed by atoms with Crippen molar-refractivity contribution in [3.63, 3.8) is 0 Å². The quantitative estimate of drug-likeness (QED) is 0.371. The van der Waals surface area contributed by atoms with E-state index in [0.717, 1.165) is 0 Å². The lowest BCUT2D eigenvalue weighted by Gasteiger charge is -2.12. The smallest absolute Gasteiger partial charge is 0.308 e. The minimum absolute atomic E-state index is 0.00322. The van der Waals surface area contributed by atoms with E-state index in [2.05, 4.69) is 0 Å². The Kier molecular flexibility index (Phi) is 3.64. The highest BCUT2D eigenvalue weighted by atomic mass is 16.7. The average Bonchev–Trinajstić information content (AvgIpc) is 3.21. The second-order valence-corrected chi connectivity index (χ2v) is 6.72. The van der Waals surface area contributed by atoms with Gasteiger partial charge in [-0.05, 0) is 18.2 Å². The summed E-state index contributed by atoms with van der Waals surface area (Å²) >= 11 is 0. The number of carbonyl (C=O) groups is 2. The minimum atomic E-state index is -0.603. The maximum atomic E-state index is 13.5. The molecular weight excluding hydrogens is 380 g/mol. The van der Waals surface area contributed by atoms with E-state index < -0.39 is 23.7 Å². The first kappa shape index (κ1) is 17.3. The van der Waals surface area contributed by atoms with Gasteiger partial charge in [0.15, 0.2) is 0 Å². The predicted molar refractivity (Wildman–Crippen MR) is 100.0 cm³/mol. The molecule has 146 valence electrons. The van der Waals surface area contributed by atoms with Gasteiger partial charge in [-0.3, -0.25) is 14.4 Å². The molecule has 0 amide bonds. The minimum Gasteiger partial charge on any atom is -0.462 e. The molecule has 29 heavy (non-hydrogen) atoms. The van der Waals surface area contributed by atoms with Gasteiger partial charge in [0.2, 0.25) is 5.43 Å². The van der Waals surface area contributed by atoms with Crippen molar-refractivity contribution in [3.8, 4) is 17.2 Å². The van der Waals surface area contributed by atoms with Crippen molar-refractivity contribution in [1.29, 1.82) is 0 Å². The number of carbonyl (C=O) groups excluding carboxylic acids is 2. The summed E-state index contributed by atoms with van der Waals surface area (Å²) in [5, 5.41) is 0.146. The van der Waals surface area contributed by atoms with Crippen LogP contribution in [0.25, 0.3) is 21.9 Å². The van der Waals surface area contributed by atoms with Crippen LogP contribution in [0.3, 0.4) is 0 Å². The van der Waals surface area contributed by atoms with Crippen LogP contribution in [0.2, 0.25) is 0 Å². The first-order valence-electron chi connectivity index (χ1n) is 8.86. The number of hydrogen-bond donors (Lipinski definition) is 0. The van der Waals surface area contributed by atoms with Gasteiger partial charge < -0.3 is 23.4 Å². The first-order valence-corrected chi connectivity index (χ1v) is 8.86. The molecule has 2 aliphatic heterocycles. The zero-order valence-corrected chi connectivity index (χ0v) is 15.4.